The molecule has 0 unspecified atom stereocenters. The summed E-state index contributed by atoms with van der Waals surface area (Å²) in [6.07, 6.45) is 2.69. The summed E-state index contributed by atoms with van der Waals surface area (Å²) in [6, 6.07) is 8.51. The summed E-state index contributed by atoms with van der Waals surface area (Å²) < 4.78 is 5.70. The molecule has 1 aliphatic carbocycles. The van der Waals surface area contributed by atoms with Gasteiger partial charge in [0.15, 0.2) is 0 Å². The monoisotopic (exact) mass is 204 g/mol. The number of hydrogen-bond acceptors (Lipinski definition) is 1. The van der Waals surface area contributed by atoms with Crippen LogP contribution in [0.15, 0.2) is 24.3 Å². The third kappa shape index (κ3) is 2.98. The first kappa shape index (κ1) is 10.5. The Morgan fingerprint density at radius 1 is 1.13 bits per heavy atom. The lowest BCUT2D eigenvalue weighted by Gasteiger charge is -2.19. The quantitative estimate of drug-likeness (QED) is 0.728. The summed E-state index contributed by atoms with van der Waals surface area (Å²) >= 11 is 0. The van der Waals surface area contributed by atoms with Gasteiger partial charge in [-0.25, -0.2) is 0 Å². The fraction of sp³-hybridized carbons (Fsp3) is 0.571. The molecule has 0 N–H and O–H groups in total. The molecule has 0 aliphatic heterocycles. The van der Waals surface area contributed by atoms with Gasteiger partial charge < -0.3 is 4.74 Å². The third-order valence-corrected chi connectivity index (χ3v) is 2.90. The molecule has 1 aromatic carbocycles. The van der Waals surface area contributed by atoms with Gasteiger partial charge in [-0.1, -0.05) is 32.9 Å². The minimum Gasteiger partial charge on any atom is -0.493 e. The van der Waals surface area contributed by atoms with Crippen molar-refractivity contribution >= 4 is 0 Å². The largest absolute Gasteiger partial charge is 0.493 e. The Hall–Kier alpha value is -0.980. The highest BCUT2D eigenvalue weighted by molar-refractivity contribution is 5.31. The van der Waals surface area contributed by atoms with Crippen molar-refractivity contribution in [2.45, 2.75) is 39.0 Å². The smallest absolute Gasteiger partial charge is 0.119 e. The molecule has 0 radical (unpaired) electrons. The highest BCUT2D eigenvalue weighted by Gasteiger charge is 2.22. The van der Waals surface area contributed by atoms with E-state index in [1.54, 1.807) is 0 Å². The van der Waals surface area contributed by atoms with Crippen molar-refractivity contribution in [1.29, 1.82) is 0 Å². The average molecular weight is 204 g/mol. The van der Waals surface area contributed by atoms with Gasteiger partial charge in [-0.3, -0.25) is 0 Å². The molecule has 0 saturated heterocycles. The molecule has 1 nitrogen and oxygen atoms in total. The molecule has 0 amide bonds. The van der Waals surface area contributed by atoms with Crippen LogP contribution in [0.5, 0.6) is 5.75 Å². The van der Waals surface area contributed by atoms with Crippen molar-refractivity contribution in [3.63, 3.8) is 0 Å². The van der Waals surface area contributed by atoms with Crippen molar-refractivity contribution < 1.29 is 4.74 Å². The molecule has 0 aromatic heterocycles. The number of rotatable bonds is 3. The topological polar surface area (TPSA) is 9.23 Å². The molecule has 1 aliphatic rings. The van der Waals surface area contributed by atoms with E-state index in [-0.39, 0.29) is 5.41 Å². The minimum atomic E-state index is 0.231. The first-order valence-electron chi connectivity index (χ1n) is 5.79. The van der Waals surface area contributed by atoms with Crippen LogP contribution in [0.4, 0.5) is 0 Å². The summed E-state index contributed by atoms with van der Waals surface area (Å²) in [4.78, 5) is 0. The van der Waals surface area contributed by atoms with Gasteiger partial charge in [0.25, 0.3) is 0 Å². The summed E-state index contributed by atoms with van der Waals surface area (Å²) in [5.41, 5.74) is 1.59. The maximum atomic E-state index is 5.70. The summed E-state index contributed by atoms with van der Waals surface area (Å²) in [5.74, 6) is 1.84. The summed E-state index contributed by atoms with van der Waals surface area (Å²) in [5, 5.41) is 0. The van der Waals surface area contributed by atoms with Crippen molar-refractivity contribution in [3.8, 4) is 5.75 Å². The lowest BCUT2D eigenvalue weighted by Crippen LogP contribution is -2.10. The lowest BCUT2D eigenvalue weighted by atomic mass is 9.87. The van der Waals surface area contributed by atoms with E-state index < -0.39 is 0 Å². The standard InChI is InChI=1S/C14H20O/c1-14(2,3)12-6-8-13(9-7-12)15-10-11-4-5-11/h6-9,11H,4-5,10H2,1-3H3. The summed E-state index contributed by atoms with van der Waals surface area (Å²) in [6.45, 7) is 7.59. The van der Waals surface area contributed by atoms with E-state index in [1.807, 2.05) is 0 Å². The Morgan fingerprint density at radius 2 is 1.73 bits per heavy atom. The second-order valence-electron chi connectivity index (χ2n) is 5.53. The van der Waals surface area contributed by atoms with Crippen molar-refractivity contribution in [2.75, 3.05) is 6.61 Å². The van der Waals surface area contributed by atoms with Crippen LogP contribution in [0.3, 0.4) is 0 Å². The normalized spacial score (nSPS) is 16.5. The molecule has 1 heteroatoms. The third-order valence-electron chi connectivity index (χ3n) is 2.90. The van der Waals surface area contributed by atoms with E-state index in [2.05, 4.69) is 45.0 Å². The summed E-state index contributed by atoms with van der Waals surface area (Å²) in [7, 11) is 0. The molecule has 1 aromatic rings. The van der Waals surface area contributed by atoms with Gasteiger partial charge in [0.2, 0.25) is 0 Å². The van der Waals surface area contributed by atoms with Crippen LogP contribution in [-0.4, -0.2) is 6.61 Å². The van der Waals surface area contributed by atoms with Gasteiger partial charge in [0.05, 0.1) is 6.61 Å². The van der Waals surface area contributed by atoms with E-state index in [0.717, 1.165) is 18.3 Å². The molecule has 0 spiro atoms. The zero-order valence-corrected chi connectivity index (χ0v) is 9.92. The molecule has 0 atom stereocenters. The van der Waals surface area contributed by atoms with Crippen LogP contribution in [0.1, 0.15) is 39.2 Å². The van der Waals surface area contributed by atoms with E-state index >= 15 is 0 Å². The molecule has 15 heavy (non-hydrogen) atoms. The SMILES string of the molecule is CC(C)(C)c1ccc(OCC2CC2)cc1. The van der Waals surface area contributed by atoms with Crippen LogP contribution >= 0.6 is 0 Å². The van der Waals surface area contributed by atoms with Gasteiger partial charge in [0, 0.05) is 0 Å². The molecule has 2 rings (SSSR count). The molecule has 0 bridgehead atoms. The molecular formula is C14H20O. The minimum absolute atomic E-state index is 0.231. The van der Waals surface area contributed by atoms with Crippen LogP contribution in [0.25, 0.3) is 0 Å². The fourth-order valence-electron chi connectivity index (χ4n) is 1.55. The van der Waals surface area contributed by atoms with Gasteiger partial charge in [-0.2, -0.15) is 0 Å². The molecule has 0 heterocycles. The Morgan fingerprint density at radius 3 is 2.20 bits per heavy atom. The van der Waals surface area contributed by atoms with Crippen molar-refractivity contribution in [3.05, 3.63) is 29.8 Å². The lowest BCUT2D eigenvalue weighted by molar-refractivity contribution is 0.299. The number of ether oxygens (including phenoxy) is 1. The molecule has 1 saturated carbocycles. The van der Waals surface area contributed by atoms with Gasteiger partial charge >= 0.3 is 0 Å². The van der Waals surface area contributed by atoms with E-state index in [0.29, 0.717) is 0 Å². The van der Waals surface area contributed by atoms with Crippen LogP contribution in [-0.2, 0) is 5.41 Å². The predicted octanol–water partition coefficient (Wildman–Crippen LogP) is 3.77. The maximum absolute atomic E-state index is 5.70. The zero-order chi connectivity index (χ0) is 10.9. The predicted molar refractivity (Wildman–Crippen MR) is 63.4 cm³/mol. The van der Waals surface area contributed by atoms with E-state index in [4.69, 9.17) is 4.74 Å². The second-order valence-corrected chi connectivity index (χ2v) is 5.53. The first-order valence-corrected chi connectivity index (χ1v) is 5.79. The Bertz CT molecular complexity index is 314. The van der Waals surface area contributed by atoms with Crippen LogP contribution in [0, 0.1) is 5.92 Å². The van der Waals surface area contributed by atoms with E-state index in [9.17, 15) is 0 Å². The second kappa shape index (κ2) is 3.88. The Balaban J connectivity index is 1.96. The molecular weight excluding hydrogens is 184 g/mol. The van der Waals surface area contributed by atoms with Crippen molar-refractivity contribution in [1.82, 2.24) is 0 Å². The van der Waals surface area contributed by atoms with Gasteiger partial charge in [-0.15, -0.1) is 0 Å². The first-order chi connectivity index (χ1) is 7.05. The van der Waals surface area contributed by atoms with Gasteiger partial charge in [0.1, 0.15) is 5.75 Å². The maximum Gasteiger partial charge on any atom is 0.119 e. The Kier molecular flexibility index (Phi) is 2.72. The fourth-order valence-corrected chi connectivity index (χ4v) is 1.55. The average Bonchev–Trinajstić information content (AvgIpc) is 2.97. The van der Waals surface area contributed by atoms with Crippen molar-refractivity contribution in [2.24, 2.45) is 5.92 Å². The van der Waals surface area contributed by atoms with Crippen LogP contribution < -0.4 is 4.74 Å². The van der Waals surface area contributed by atoms with E-state index in [1.165, 1.54) is 18.4 Å². The molecule has 1 fully saturated rings. The highest BCUT2D eigenvalue weighted by Crippen LogP contribution is 2.30. The number of benzene rings is 1. The molecule has 82 valence electrons. The Labute approximate surface area is 92.5 Å². The van der Waals surface area contributed by atoms with Gasteiger partial charge in [-0.05, 0) is 41.9 Å². The highest BCUT2D eigenvalue weighted by atomic mass is 16.5. The zero-order valence-electron chi connectivity index (χ0n) is 9.92. The van der Waals surface area contributed by atoms with Crippen LogP contribution in [0.2, 0.25) is 0 Å². The number of hydrogen-bond donors (Lipinski definition) is 0.